The Kier molecular flexibility index (Phi) is 3.22. The predicted molar refractivity (Wildman–Crippen MR) is 29.6 cm³/mol. The van der Waals surface area contributed by atoms with Crippen LogP contribution in [0.5, 0.6) is 0 Å². The average Bonchev–Trinajstić information content (AvgIpc) is 1.31. The Morgan fingerprint density at radius 3 is 2.29 bits per heavy atom. The third-order valence-electron chi connectivity index (χ3n) is 0.590. The molecule has 0 fully saturated rings. The van der Waals surface area contributed by atoms with Crippen LogP contribution in [0, 0.1) is 0 Å². The van der Waals surface area contributed by atoms with Crippen LogP contribution >= 0.6 is 0 Å². The van der Waals surface area contributed by atoms with Crippen molar-refractivity contribution in [1.29, 1.82) is 0 Å². The molecule has 0 unspecified atom stereocenters. The second-order valence-corrected chi connectivity index (χ2v) is 5.16. The Balaban J connectivity index is 0.000000360. The van der Waals surface area contributed by atoms with E-state index in [4.69, 9.17) is 0 Å². The Morgan fingerprint density at radius 1 is 1.71 bits per heavy atom. The maximum atomic E-state index is 9.74. The van der Waals surface area contributed by atoms with Crippen LogP contribution in [-0.2, 0) is 4.79 Å². The fourth-order valence-electron chi connectivity index (χ4n) is 0.230. The molecule has 2 nitrogen and oxygen atoms in total. The Labute approximate surface area is 52.6 Å². The van der Waals surface area contributed by atoms with Crippen molar-refractivity contribution >= 4 is 32.2 Å². The molecule has 0 bridgehead atoms. The van der Waals surface area contributed by atoms with Crippen molar-refractivity contribution < 1.29 is 10.3 Å². The van der Waals surface area contributed by atoms with Crippen LogP contribution in [0.15, 0.2) is 9.86 Å². The summed E-state index contributed by atoms with van der Waals surface area (Å²) in [6.07, 6.45) is 2.88. The van der Waals surface area contributed by atoms with Crippen LogP contribution in [0.2, 0.25) is 0 Å². The first-order valence-electron chi connectivity index (χ1n) is 1.63. The molecular weight excluding hydrogens is 289 g/mol. The number of aldehydes is 1. The summed E-state index contributed by atoms with van der Waals surface area (Å²) in [5.41, 5.74) is 0. The number of hydrogen-bond donors (Lipinski definition) is 0. The Bertz CT molecular complexity index is 122. The van der Waals surface area contributed by atoms with Crippen LogP contribution in [0.3, 0.4) is 0 Å². The average molecular weight is 294 g/mol. The van der Waals surface area contributed by atoms with Gasteiger partial charge in [-0.15, -0.1) is 0 Å². The van der Waals surface area contributed by atoms with Gasteiger partial charge in [-0.25, -0.2) is 0 Å². The molecule has 1 heterocycles. The third-order valence-corrected chi connectivity index (χ3v) is 3.90. The van der Waals surface area contributed by atoms with Gasteiger partial charge < -0.3 is 5.48 Å². The van der Waals surface area contributed by atoms with E-state index in [-0.39, 0.29) is 5.48 Å². The molecular formula is C4H5BiO2. The molecule has 0 aromatic rings. The van der Waals surface area contributed by atoms with Gasteiger partial charge in [0.25, 0.3) is 0 Å². The summed E-state index contributed by atoms with van der Waals surface area (Å²) in [7, 11) is 0. The molecule has 2 N–H and O–H groups in total. The van der Waals surface area contributed by atoms with E-state index in [1.165, 1.54) is 0 Å². The zero-order valence-corrected chi connectivity index (χ0v) is 7.06. The van der Waals surface area contributed by atoms with Gasteiger partial charge in [0.1, 0.15) is 0 Å². The van der Waals surface area contributed by atoms with Crippen molar-refractivity contribution in [2.45, 2.75) is 0 Å². The van der Waals surface area contributed by atoms with Gasteiger partial charge in [0.05, 0.1) is 0 Å². The monoisotopic (exact) mass is 294 g/mol. The first-order chi connectivity index (χ1) is 2.93. The van der Waals surface area contributed by atoms with Gasteiger partial charge in [-0.1, -0.05) is 0 Å². The molecule has 38 valence electrons. The summed E-state index contributed by atoms with van der Waals surface area (Å²) >= 11 is -0.410. The van der Waals surface area contributed by atoms with Crippen molar-refractivity contribution in [3.05, 3.63) is 9.86 Å². The maximum absolute atomic E-state index is 9.74. The van der Waals surface area contributed by atoms with Crippen LogP contribution < -0.4 is 0 Å². The Hall–Kier alpha value is 0.123. The van der Waals surface area contributed by atoms with Gasteiger partial charge in [-0.05, 0) is 0 Å². The van der Waals surface area contributed by atoms with E-state index >= 15 is 0 Å². The fourth-order valence-corrected chi connectivity index (χ4v) is 1.72. The van der Waals surface area contributed by atoms with Gasteiger partial charge in [-0.3, -0.25) is 0 Å². The standard InChI is InChI=1S/C4H3O.Bi.H2O/c1-2-3-4-5;;/h1-2,4H;;1H2. The van der Waals surface area contributed by atoms with E-state index in [9.17, 15) is 4.79 Å². The second kappa shape index (κ2) is 3.17. The van der Waals surface area contributed by atoms with Crippen LogP contribution in [-0.4, -0.2) is 37.7 Å². The van der Waals surface area contributed by atoms with Crippen molar-refractivity contribution in [2.75, 3.05) is 0 Å². The molecule has 0 aliphatic carbocycles. The normalized spacial score (nSPS) is 13.4. The minimum atomic E-state index is -0.410. The molecule has 1 aliphatic heterocycles. The molecule has 3 heteroatoms. The topological polar surface area (TPSA) is 48.6 Å². The first-order valence-corrected chi connectivity index (χ1v) is 5.37. The van der Waals surface area contributed by atoms with Crippen molar-refractivity contribution in [3.63, 3.8) is 0 Å². The van der Waals surface area contributed by atoms with Gasteiger partial charge in [0.15, 0.2) is 0 Å². The number of hydrogen-bond acceptors (Lipinski definition) is 1. The van der Waals surface area contributed by atoms with Crippen LogP contribution in [0.25, 0.3) is 0 Å². The van der Waals surface area contributed by atoms with Gasteiger partial charge in [0, 0.05) is 0 Å². The molecule has 0 aromatic heterocycles. The second-order valence-electron chi connectivity index (χ2n) is 0.988. The molecule has 0 amide bonds. The molecule has 1 aliphatic rings. The van der Waals surface area contributed by atoms with E-state index in [1.54, 1.807) is 0 Å². The van der Waals surface area contributed by atoms with Gasteiger partial charge >= 0.3 is 46.9 Å². The number of carbonyl (C=O) groups is 1. The molecule has 0 radical (unpaired) electrons. The van der Waals surface area contributed by atoms with Crippen molar-refractivity contribution in [1.82, 2.24) is 0 Å². The summed E-state index contributed by atoms with van der Waals surface area (Å²) < 4.78 is 3.24. The van der Waals surface area contributed by atoms with Crippen LogP contribution in [0.1, 0.15) is 0 Å². The SMILES string of the molecule is O.O=C[C]1=[Bi][CH]=C1. The molecule has 0 saturated carbocycles. The number of allylic oxidation sites excluding steroid dienone is 1. The molecule has 0 saturated heterocycles. The molecule has 0 atom stereocenters. The van der Waals surface area contributed by atoms with E-state index in [2.05, 4.69) is 3.78 Å². The molecule has 1 rings (SSSR count). The fraction of sp³-hybridized carbons (Fsp3) is 0. The summed E-state index contributed by atoms with van der Waals surface area (Å²) in [5.74, 6) is 0. The summed E-state index contributed by atoms with van der Waals surface area (Å²) in [5, 5.41) is 0. The summed E-state index contributed by atoms with van der Waals surface area (Å²) in [6.45, 7) is 0. The molecule has 0 aromatic carbocycles. The van der Waals surface area contributed by atoms with Gasteiger partial charge in [-0.2, -0.15) is 0 Å². The van der Waals surface area contributed by atoms with Crippen LogP contribution in [0.4, 0.5) is 0 Å². The van der Waals surface area contributed by atoms with E-state index in [1.807, 2.05) is 6.08 Å². The van der Waals surface area contributed by atoms with Gasteiger partial charge in [0.2, 0.25) is 0 Å². The Morgan fingerprint density at radius 2 is 2.29 bits per heavy atom. The predicted octanol–water partition coefficient (Wildman–Crippen LogP) is -1.24. The number of carbonyl (C=O) groups excluding carboxylic acids is 1. The quantitative estimate of drug-likeness (QED) is 0.441. The summed E-state index contributed by atoms with van der Waals surface area (Å²) in [4.78, 5) is 9.74. The van der Waals surface area contributed by atoms with E-state index in [0.717, 1.165) is 9.49 Å². The van der Waals surface area contributed by atoms with Crippen molar-refractivity contribution in [3.8, 4) is 0 Å². The van der Waals surface area contributed by atoms with E-state index in [0.29, 0.717) is 0 Å². The zero-order valence-electron chi connectivity index (χ0n) is 3.59. The van der Waals surface area contributed by atoms with Crippen molar-refractivity contribution in [2.24, 2.45) is 0 Å². The third kappa shape index (κ3) is 1.58. The molecule has 0 spiro atoms. The first kappa shape index (κ1) is 7.12. The number of rotatable bonds is 1. The summed E-state index contributed by atoms with van der Waals surface area (Å²) in [6, 6.07) is 0. The van der Waals surface area contributed by atoms with E-state index < -0.39 is 22.8 Å². The zero-order chi connectivity index (χ0) is 4.41. The minimum absolute atomic E-state index is 0. The molecule has 7 heavy (non-hydrogen) atoms.